The van der Waals surface area contributed by atoms with Crippen molar-refractivity contribution in [3.05, 3.63) is 12.2 Å². The van der Waals surface area contributed by atoms with Crippen molar-refractivity contribution in [1.29, 1.82) is 0 Å². The molecule has 0 aliphatic carbocycles. The fourth-order valence-electron chi connectivity index (χ4n) is 1.09. The van der Waals surface area contributed by atoms with E-state index in [1.165, 1.54) is 20.3 Å². The Morgan fingerprint density at radius 3 is 2.06 bits per heavy atom. The molecule has 0 aliphatic rings. The van der Waals surface area contributed by atoms with Crippen LogP contribution in [0, 0.1) is 23.2 Å². The molecule has 0 radical (unpaired) electrons. The fourth-order valence-corrected chi connectivity index (χ4v) is 1.09. The van der Waals surface area contributed by atoms with Gasteiger partial charge in [-0.15, -0.1) is 0 Å². The molecule has 0 rings (SSSR count). The van der Waals surface area contributed by atoms with Gasteiger partial charge < -0.3 is 9.47 Å². The Bertz CT molecular complexity index is 361. The van der Waals surface area contributed by atoms with Gasteiger partial charge in [0.2, 0.25) is 0 Å². The zero-order valence-electron chi connectivity index (χ0n) is 11.6. The van der Waals surface area contributed by atoms with Crippen molar-refractivity contribution < 1.29 is 19.1 Å². The van der Waals surface area contributed by atoms with Gasteiger partial charge in [-0.1, -0.05) is 24.0 Å². The molecule has 0 saturated carbocycles. The van der Waals surface area contributed by atoms with E-state index in [4.69, 9.17) is 0 Å². The molecule has 0 amide bonds. The van der Waals surface area contributed by atoms with Crippen molar-refractivity contribution in [3.8, 4) is 11.8 Å². The lowest BCUT2D eigenvalue weighted by Crippen LogP contribution is -2.24. The van der Waals surface area contributed by atoms with E-state index in [1.807, 2.05) is 20.8 Å². The van der Waals surface area contributed by atoms with E-state index in [1.54, 1.807) is 6.08 Å². The van der Waals surface area contributed by atoms with Gasteiger partial charge in [-0.05, 0) is 20.8 Å². The molecule has 100 valence electrons. The number of allylic oxidation sites excluding steroid dienone is 1. The summed E-state index contributed by atoms with van der Waals surface area (Å²) < 4.78 is 9.04. The highest BCUT2D eigenvalue weighted by molar-refractivity contribution is 5.96. The summed E-state index contributed by atoms with van der Waals surface area (Å²) in [7, 11) is 2.46. The number of carbonyl (C=O) groups excluding carboxylic acids is 2. The minimum Gasteiger partial charge on any atom is -0.468 e. The van der Waals surface area contributed by atoms with Crippen LogP contribution in [0.2, 0.25) is 0 Å². The van der Waals surface area contributed by atoms with Crippen LogP contribution in [0.4, 0.5) is 0 Å². The third kappa shape index (κ3) is 6.74. The molecule has 0 aliphatic heterocycles. The van der Waals surface area contributed by atoms with E-state index in [2.05, 4.69) is 21.3 Å². The lowest BCUT2D eigenvalue weighted by atomic mass is 9.98. The molecule has 4 nitrogen and oxygen atoms in total. The van der Waals surface area contributed by atoms with Gasteiger partial charge in [0.25, 0.3) is 0 Å². The minimum absolute atomic E-state index is 0.0576. The Hall–Kier alpha value is -1.76. The number of ether oxygens (including phenoxy) is 2. The SMILES string of the molecule is COC(=O)C(C=CCC#CC(C)(C)C)C(=O)OC. The lowest BCUT2D eigenvalue weighted by molar-refractivity contribution is -0.156. The summed E-state index contributed by atoms with van der Waals surface area (Å²) in [4.78, 5) is 22.6. The molecule has 0 unspecified atom stereocenters. The second-order valence-electron chi connectivity index (χ2n) is 4.71. The van der Waals surface area contributed by atoms with E-state index >= 15 is 0 Å². The summed E-state index contributed by atoms with van der Waals surface area (Å²) in [6, 6.07) is 0. The molecule has 0 atom stereocenters. The second kappa shape index (κ2) is 7.54. The standard InChI is InChI=1S/C14H20O4/c1-14(2,3)10-8-6-7-9-11(12(15)17-4)13(16)18-5/h7,9,11H,6H2,1-5H3. The number of hydrogen-bond donors (Lipinski definition) is 0. The molecule has 18 heavy (non-hydrogen) atoms. The monoisotopic (exact) mass is 252 g/mol. The van der Waals surface area contributed by atoms with Crippen LogP contribution < -0.4 is 0 Å². The molecule has 0 fully saturated rings. The largest absolute Gasteiger partial charge is 0.468 e. The molecule has 4 heteroatoms. The maximum Gasteiger partial charge on any atom is 0.323 e. The Labute approximate surface area is 108 Å². The molecule has 0 N–H and O–H groups in total. The number of hydrogen-bond acceptors (Lipinski definition) is 4. The molecule has 0 aromatic heterocycles. The van der Waals surface area contributed by atoms with Crippen molar-refractivity contribution in [1.82, 2.24) is 0 Å². The van der Waals surface area contributed by atoms with Gasteiger partial charge in [-0.25, -0.2) is 0 Å². The third-order valence-electron chi connectivity index (χ3n) is 1.92. The van der Waals surface area contributed by atoms with Crippen LogP contribution >= 0.6 is 0 Å². The van der Waals surface area contributed by atoms with Crippen LogP contribution in [0.1, 0.15) is 27.2 Å². The first-order valence-electron chi connectivity index (χ1n) is 5.64. The van der Waals surface area contributed by atoms with E-state index in [9.17, 15) is 9.59 Å². The van der Waals surface area contributed by atoms with Crippen LogP contribution in [-0.2, 0) is 19.1 Å². The average molecular weight is 252 g/mol. The predicted molar refractivity (Wildman–Crippen MR) is 68.5 cm³/mol. The molecular formula is C14H20O4. The van der Waals surface area contributed by atoms with Gasteiger partial charge >= 0.3 is 11.9 Å². The van der Waals surface area contributed by atoms with Gasteiger partial charge in [0, 0.05) is 11.8 Å². The minimum atomic E-state index is -1.02. The van der Waals surface area contributed by atoms with Gasteiger partial charge in [-0.2, -0.15) is 0 Å². The number of carbonyl (C=O) groups is 2. The molecule has 0 spiro atoms. The number of rotatable bonds is 4. The predicted octanol–water partition coefficient (Wildman–Crippen LogP) is 1.94. The smallest absolute Gasteiger partial charge is 0.323 e. The van der Waals surface area contributed by atoms with Crippen LogP contribution in [0.3, 0.4) is 0 Å². The molecule has 0 aromatic carbocycles. The first-order valence-corrected chi connectivity index (χ1v) is 5.64. The van der Waals surface area contributed by atoms with Crippen molar-refractivity contribution in [2.75, 3.05) is 14.2 Å². The van der Waals surface area contributed by atoms with Crippen molar-refractivity contribution in [2.45, 2.75) is 27.2 Å². The van der Waals surface area contributed by atoms with Crippen molar-refractivity contribution >= 4 is 11.9 Å². The maximum atomic E-state index is 11.3. The quantitative estimate of drug-likeness (QED) is 0.332. The first kappa shape index (κ1) is 16.2. The second-order valence-corrected chi connectivity index (χ2v) is 4.71. The highest BCUT2D eigenvalue weighted by atomic mass is 16.5. The van der Waals surface area contributed by atoms with Crippen molar-refractivity contribution in [2.24, 2.45) is 11.3 Å². The Morgan fingerprint density at radius 1 is 1.17 bits per heavy atom. The summed E-state index contributed by atoms with van der Waals surface area (Å²) >= 11 is 0. The summed E-state index contributed by atoms with van der Waals surface area (Å²) in [5.74, 6) is 3.71. The topological polar surface area (TPSA) is 52.6 Å². The fraction of sp³-hybridized carbons (Fsp3) is 0.571. The summed E-state index contributed by atoms with van der Waals surface area (Å²) in [5.41, 5.74) is -0.0576. The molecule has 0 aromatic rings. The number of methoxy groups -OCH3 is 2. The Kier molecular flexibility index (Phi) is 6.81. The third-order valence-corrected chi connectivity index (χ3v) is 1.92. The molecular weight excluding hydrogens is 232 g/mol. The average Bonchev–Trinajstić information content (AvgIpc) is 2.30. The van der Waals surface area contributed by atoms with E-state index < -0.39 is 17.9 Å². The highest BCUT2D eigenvalue weighted by Gasteiger charge is 2.25. The van der Waals surface area contributed by atoms with Gasteiger partial charge in [0.05, 0.1) is 14.2 Å². The Morgan fingerprint density at radius 2 is 1.67 bits per heavy atom. The number of esters is 2. The zero-order valence-corrected chi connectivity index (χ0v) is 11.6. The van der Waals surface area contributed by atoms with Crippen LogP contribution in [0.15, 0.2) is 12.2 Å². The van der Waals surface area contributed by atoms with Crippen LogP contribution in [-0.4, -0.2) is 26.2 Å². The summed E-state index contributed by atoms with van der Waals surface area (Å²) in [6.07, 6.45) is 3.59. The molecule has 0 bridgehead atoms. The molecule has 0 heterocycles. The van der Waals surface area contributed by atoms with Gasteiger partial charge in [-0.3, -0.25) is 9.59 Å². The van der Waals surface area contributed by atoms with Gasteiger partial charge in [0.1, 0.15) is 0 Å². The normalized spacial score (nSPS) is 11.0. The molecule has 0 saturated heterocycles. The zero-order chi connectivity index (χ0) is 14.2. The maximum absolute atomic E-state index is 11.3. The Balaban J connectivity index is 4.54. The van der Waals surface area contributed by atoms with E-state index in [0.717, 1.165) is 0 Å². The van der Waals surface area contributed by atoms with Crippen LogP contribution in [0.5, 0.6) is 0 Å². The van der Waals surface area contributed by atoms with Crippen molar-refractivity contribution in [3.63, 3.8) is 0 Å². The summed E-state index contributed by atoms with van der Waals surface area (Å²) in [6.45, 7) is 6.03. The summed E-state index contributed by atoms with van der Waals surface area (Å²) in [5, 5.41) is 0. The van der Waals surface area contributed by atoms with E-state index in [-0.39, 0.29) is 5.41 Å². The lowest BCUT2D eigenvalue weighted by Gasteiger charge is -2.07. The van der Waals surface area contributed by atoms with Gasteiger partial charge in [0.15, 0.2) is 5.92 Å². The van der Waals surface area contributed by atoms with Crippen LogP contribution in [0.25, 0.3) is 0 Å². The van der Waals surface area contributed by atoms with E-state index in [0.29, 0.717) is 6.42 Å². The first-order chi connectivity index (χ1) is 8.31. The highest BCUT2D eigenvalue weighted by Crippen LogP contribution is 2.10.